The average molecular weight is 146 g/mol. The summed E-state index contributed by atoms with van der Waals surface area (Å²) < 4.78 is 0. The van der Waals surface area contributed by atoms with Crippen molar-refractivity contribution >= 4 is 6.08 Å². The van der Waals surface area contributed by atoms with Gasteiger partial charge in [0.1, 0.15) is 5.76 Å². The molecule has 0 fully saturated rings. The number of benzene rings is 1. The lowest BCUT2D eigenvalue weighted by Gasteiger charge is -1.89. The molecule has 0 unspecified atom stereocenters. The molecule has 0 bridgehead atoms. The highest BCUT2D eigenvalue weighted by Crippen LogP contribution is 2.01. The third-order valence-electron chi connectivity index (χ3n) is 1.27. The molecule has 0 aromatic heterocycles. The number of hydrogen-bond acceptors (Lipinski definition) is 1. The van der Waals surface area contributed by atoms with Gasteiger partial charge < -0.3 is 5.11 Å². The smallest absolute Gasteiger partial charge is 0.108 e. The first-order valence-electron chi connectivity index (χ1n) is 3.40. The van der Waals surface area contributed by atoms with Crippen molar-refractivity contribution in [1.82, 2.24) is 0 Å². The Balaban J connectivity index is 2.72. The van der Waals surface area contributed by atoms with Crippen molar-refractivity contribution < 1.29 is 5.11 Å². The summed E-state index contributed by atoms with van der Waals surface area (Å²) in [6.45, 7) is 3.34. The highest BCUT2D eigenvalue weighted by Gasteiger charge is 1.81. The predicted octanol–water partition coefficient (Wildman–Crippen LogP) is 2.77. The van der Waals surface area contributed by atoms with Gasteiger partial charge in [-0.05, 0) is 11.6 Å². The molecular weight excluding hydrogens is 136 g/mol. The molecule has 1 N–H and O–H groups in total. The molecule has 0 saturated heterocycles. The van der Waals surface area contributed by atoms with E-state index in [9.17, 15) is 0 Å². The van der Waals surface area contributed by atoms with Crippen molar-refractivity contribution in [2.75, 3.05) is 0 Å². The van der Waals surface area contributed by atoms with Gasteiger partial charge in [-0.1, -0.05) is 43.0 Å². The van der Waals surface area contributed by atoms with Gasteiger partial charge in [0.25, 0.3) is 0 Å². The third kappa shape index (κ3) is 2.72. The molecule has 0 saturated carbocycles. The molecule has 0 aliphatic carbocycles. The van der Waals surface area contributed by atoms with Crippen LogP contribution in [0.25, 0.3) is 6.08 Å². The lowest BCUT2D eigenvalue weighted by molar-refractivity contribution is 0.436. The zero-order chi connectivity index (χ0) is 8.10. The van der Waals surface area contributed by atoms with E-state index < -0.39 is 0 Å². The van der Waals surface area contributed by atoms with E-state index in [2.05, 4.69) is 6.58 Å². The molecule has 1 heteroatoms. The fourth-order valence-corrected chi connectivity index (χ4v) is 0.757. The van der Waals surface area contributed by atoms with Crippen LogP contribution in [0.5, 0.6) is 0 Å². The van der Waals surface area contributed by atoms with Crippen LogP contribution in [0.3, 0.4) is 0 Å². The Morgan fingerprint density at radius 3 is 2.45 bits per heavy atom. The first-order valence-corrected chi connectivity index (χ1v) is 3.40. The Morgan fingerprint density at radius 1 is 1.27 bits per heavy atom. The third-order valence-corrected chi connectivity index (χ3v) is 1.27. The van der Waals surface area contributed by atoms with E-state index in [1.54, 1.807) is 6.08 Å². The van der Waals surface area contributed by atoms with Crippen molar-refractivity contribution in [3.63, 3.8) is 0 Å². The second kappa shape index (κ2) is 3.62. The number of aliphatic hydroxyl groups is 1. The number of aliphatic hydroxyl groups excluding tert-OH is 1. The minimum Gasteiger partial charge on any atom is -0.509 e. The molecule has 1 rings (SSSR count). The molecule has 56 valence electrons. The summed E-state index contributed by atoms with van der Waals surface area (Å²) in [6, 6.07) is 9.75. The van der Waals surface area contributed by atoms with Crippen molar-refractivity contribution in [3.05, 3.63) is 54.3 Å². The SMILES string of the molecule is C=C(O)/C=C/c1ccccc1. The van der Waals surface area contributed by atoms with Crippen molar-refractivity contribution in [2.24, 2.45) is 0 Å². The molecule has 11 heavy (non-hydrogen) atoms. The van der Waals surface area contributed by atoms with Gasteiger partial charge in [0.2, 0.25) is 0 Å². The molecule has 0 spiro atoms. The van der Waals surface area contributed by atoms with E-state index >= 15 is 0 Å². The van der Waals surface area contributed by atoms with E-state index in [4.69, 9.17) is 5.11 Å². The van der Waals surface area contributed by atoms with Gasteiger partial charge in [0.05, 0.1) is 0 Å². The standard InChI is InChI=1S/C10H10O/c1-9(11)7-8-10-5-3-2-4-6-10/h2-8,11H,1H2/b8-7+. The van der Waals surface area contributed by atoms with Crippen LogP contribution in [0.15, 0.2) is 48.7 Å². The Bertz CT molecular complexity index is 259. The normalized spacial score (nSPS) is 10.2. The Morgan fingerprint density at radius 2 is 1.91 bits per heavy atom. The summed E-state index contributed by atoms with van der Waals surface area (Å²) in [7, 11) is 0. The van der Waals surface area contributed by atoms with Gasteiger partial charge in [0, 0.05) is 0 Å². The van der Waals surface area contributed by atoms with Gasteiger partial charge in [-0.2, -0.15) is 0 Å². The molecule has 0 radical (unpaired) electrons. The fourth-order valence-electron chi connectivity index (χ4n) is 0.757. The van der Waals surface area contributed by atoms with Gasteiger partial charge in [0.15, 0.2) is 0 Å². The first-order chi connectivity index (χ1) is 5.29. The molecule has 0 amide bonds. The van der Waals surface area contributed by atoms with Gasteiger partial charge in [-0.25, -0.2) is 0 Å². The van der Waals surface area contributed by atoms with Gasteiger partial charge in [-0.3, -0.25) is 0 Å². The summed E-state index contributed by atoms with van der Waals surface area (Å²) in [5, 5.41) is 8.73. The Hall–Kier alpha value is -1.50. The van der Waals surface area contributed by atoms with Crippen LogP contribution in [0, 0.1) is 0 Å². The molecule has 1 nitrogen and oxygen atoms in total. The van der Waals surface area contributed by atoms with E-state index in [1.807, 2.05) is 36.4 Å². The topological polar surface area (TPSA) is 20.2 Å². The maximum absolute atomic E-state index is 8.73. The van der Waals surface area contributed by atoms with Crippen LogP contribution in [-0.4, -0.2) is 5.11 Å². The summed E-state index contributed by atoms with van der Waals surface area (Å²) in [5.74, 6) is 0.0776. The molecular formula is C10H10O. The maximum atomic E-state index is 8.73. The summed E-state index contributed by atoms with van der Waals surface area (Å²) in [5.41, 5.74) is 1.06. The van der Waals surface area contributed by atoms with Crippen LogP contribution in [-0.2, 0) is 0 Å². The minimum atomic E-state index is 0.0776. The van der Waals surface area contributed by atoms with Crippen LogP contribution in [0.1, 0.15) is 5.56 Å². The highest BCUT2D eigenvalue weighted by atomic mass is 16.3. The molecule has 0 aliphatic rings. The molecule has 1 aromatic rings. The Kier molecular flexibility index (Phi) is 2.50. The zero-order valence-corrected chi connectivity index (χ0v) is 6.20. The van der Waals surface area contributed by atoms with Crippen LogP contribution >= 0.6 is 0 Å². The quantitative estimate of drug-likeness (QED) is 0.502. The minimum absolute atomic E-state index is 0.0776. The van der Waals surface area contributed by atoms with Crippen LogP contribution in [0.2, 0.25) is 0 Å². The largest absolute Gasteiger partial charge is 0.509 e. The molecule has 1 aromatic carbocycles. The van der Waals surface area contributed by atoms with E-state index in [0.29, 0.717) is 0 Å². The number of rotatable bonds is 2. The zero-order valence-electron chi connectivity index (χ0n) is 6.20. The highest BCUT2D eigenvalue weighted by molar-refractivity contribution is 5.51. The van der Waals surface area contributed by atoms with Crippen LogP contribution < -0.4 is 0 Å². The van der Waals surface area contributed by atoms with E-state index in [0.717, 1.165) is 5.56 Å². The van der Waals surface area contributed by atoms with Crippen molar-refractivity contribution in [3.8, 4) is 0 Å². The van der Waals surface area contributed by atoms with Gasteiger partial charge in [-0.15, -0.1) is 0 Å². The molecule has 0 heterocycles. The fraction of sp³-hybridized carbons (Fsp3) is 0. The summed E-state index contributed by atoms with van der Waals surface area (Å²) >= 11 is 0. The monoisotopic (exact) mass is 146 g/mol. The number of hydrogen-bond donors (Lipinski definition) is 1. The lowest BCUT2D eigenvalue weighted by atomic mass is 10.2. The van der Waals surface area contributed by atoms with Gasteiger partial charge >= 0.3 is 0 Å². The average Bonchev–Trinajstić information content (AvgIpc) is 2.03. The first kappa shape index (κ1) is 7.61. The lowest BCUT2D eigenvalue weighted by Crippen LogP contribution is -1.70. The van der Waals surface area contributed by atoms with Crippen molar-refractivity contribution in [2.45, 2.75) is 0 Å². The summed E-state index contributed by atoms with van der Waals surface area (Å²) in [4.78, 5) is 0. The summed E-state index contributed by atoms with van der Waals surface area (Å²) in [6.07, 6.45) is 3.37. The maximum Gasteiger partial charge on any atom is 0.108 e. The Labute approximate surface area is 66.3 Å². The predicted molar refractivity (Wildman–Crippen MR) is 47.2 cm³/mol. The number of allylic oxidation sites excluding steroid dienone is 1. The second-order valence-electron chi connectivity index (χ2n) is 2.24. The van der Waals surface area contributed by atoms with E-state index in [1.165, 1.54) is 0 Å². The van der Waals surface area contributed by atoms with Crippen LogP contribution in [0.4, 0.5) is 0 Å². The second-order valence-corrected chi connectivity index (χ2v) is 2.24. The van der Waals surface area contributed by atoms with E-state index in [-0.39, 0.29) is 5.76 Å². The molecule has 0 aliphatic heterocycles. The molecule has 0 atom stereocenters. The van der Waals surface area contributed by atoms with Crippen molar-refractivity contribution in [1.29, 1.82) is 0 Å².